The van der Waals surface area contributed by atoms with Crippen molar-refractivity contribution in [1.29, 1.82) is 0 Å². The molecule has 1 heterocycles. The van der Waals surface area contributed by atoms with Gasteiger partial charge in [-0.1, -0.05) is 19.3 Å². The first-order valence-electron chi connectivity index (χ1n) is 7.73. The zero-order valence-electron chi connectivity index (χ0n) is 12.7. The molecule has 1 saturated heterocycles. The Morgan fingerprint density at radius 1 is 1.09 bits per heavy atom. The summed E-state index contributed by atoms with van der Waals surface area (Å²) in [6.45, 7) is 0.915. The van der Waals surface area contributed by atoms with Crippen LogP contribution in [0.3, 0.4) is 0 Å². The molecule has 9 heteroatoms. The summed E-state index contributed by atoms with van der Waals surface area (Å²) in [6.07, 6.45) is 1.81. The van der Waals surface area contributed by atoms with E-state index in [1.165, 1.54) is 19.3 Å². The fraction of sp³-hybridized carbons (Fsp3) is 0.857. The number of hydrogen-bond acceptors (Lipinski definition) is 4. The number of aliphatic hydroxyl groups excluding tert-OH is 1. The zero-order valence-corrected chi connectivity index (χ0v) is 12.7. The largest absolute Gasteiger partial charge is 0.490 e. The predicted octanol–water partition coefficient (Wildman–Crippen LogP) is 1.18. The quantitative estimate of drug-likeness (QED) is 0.618. The molecule has 0 aromatic carbocycles. The van der Waals surface area contributed by atoms with Crippen molar-refractivity contribution < 1.29 is 33.0 Å². The Bertz CT molecular complexity index is 392. The van der Waals surface area contributed by atoms with Crippen LogP contribution in [0.4, 0.5) is 13.2 Å². The van der Waals surface area contributed by atoms with Gasteiger partial charge in [-0.25, -0.2) is 4.79 Å². The smallest absolute Gasteiger partial charge is 0.475 e. The molecule has 2 rings (SSSR count). The van der Waals surface area contributed by atoms with Crippen molar-refractivity contribution in [3.05, 3.63) is 0 Å². The molecule has 2 fully saturated rings. The van der Waals surface area contributed by atoms with E-state index in [0.717, 1.165) is 32.2 Å². The number of aliphatic hydroxyl groups is 1. The topological polar surface area (TPSA) is 98.7 Å². The van der Waals surface area contributed by atoms with Crippen LogP contribution in [0.15, 0.2) is 0 Å². The van der Waals surface area contributed by atoms with E-state index in [2.05, 4.69) is 10.6 Å². The highest BCUT2D eigenvalue weighted by Gasteiger charge is 2.38. The summed E-state index contributed by atoms with van der Waals surface area (Å²) in [6, 6.07) is 0.251. The Morgan fingerprint density at radius 3 is 2.09 bits per heavy atom. The maximum absolute atomic E-state index is 11.8. The maximum atomic E-state index is 11.8. The molecule has 2 aliphatic rings. The van der Waals surface area contributed by atoms with Crippen LogP contribution in [0.1, 0.15) is 44.9 Å². The lowest BCUT2D eigenvalue weighted by atomic mass is 9.95. The van der Waals surface area contributed by atoms with E-state index in [1.54, 1.807) is 0 Å². The predicted molar refractivity (Wildman–Crippen MR) is 75.7 cm³/mol. The van der Waals surface area contributed by atoms with Crippen LogP contribution in [0, 0.1) is 0 Å². The summed E-state index contributed by atoms with van der Waals surface area (Å²) in [4.78, 5) is 20.7. The van der Waals surface area contributed by atoms with E-state index in [1.807, 2.05) is 0 Å². The number of nitrogens with one attached hydrogen (secondary N) is 2. The second-order valence-corrected chi connectivity index (χ2v) is 5.79. The van der Waals surface area contributed by atoms with Gasteiger partial charge in [-0.05, 0) is 32.2 Å². The van der Waals surface area contributed by atoms with Crippen molar-refractivity contribution >= 4 is 11.9 Å². The summed E-state index contributed by atoms with van der Waals surface area (Å²) in [5.74, 6) is -2.95. The first-order chi connectivity index (χ1) is 10.7. The minimum atomic E-state index is -5.08. The van der Waals surface area contributed by atoms with Gasteiger partial charge in [0.25, 0.3) is 5.91 Å². The van der Waals surface area contributed by atoms with E-state index in [4.69, 9.17) is 9.90 Å². The van der Waals surface area contributed by atoms with Crippen LogP contribution in [0.2, 0.25) is 0 Å². The number of aliphatic carboxylic acids is 1. The van der Waals surface area contributed by atoms with Gasteiger partial charge in [-0.15, -0.1) is 0 Å². The summed E-state index contributed by atoms with van der Waals surface area (Å²) in [5.41, 5.74) is 0. The number of alkyl halides is 3. The molecule has 2 atom stereocenters. The highest BCUT2D eigenvalue weighted by molar-refractivity contribution is 5.81. The molecule has 6 nitrogen and oxygen atoms in total. The van der Waals surface area contributed by atoms with Gasteiger partial charge in [-0.2, -0.15) is 13.2 Å². The molecule has 1 amide bonds. The van der Waals surface area contributed by atoms with Crippen LogP contribution >= 0.6 is 0 Å². The lowest BCUT2D eigenvalue weighted by molar-refractivity contribution is -0.192. The van der Waals surface area contributed by atoms with Gasteiger partial charge in [0.2, 0.25) is 0 Å². The van der Waals surface area contributed by atoms with Crippen molar-refractivity contribution in [2.24, 2.45) is 0 Å². The van der Waals surface area contributed by atoms with E-state index in [0.29, 0.717) is 0 Å². The third-order valence-electron chi connectivity index (χ3n) is 3.94. The summed E-state index contributed by atoms with van der Waals surface area (Å²) >= 11 is 0. The normalized spacial score (nSPS) is 23.6. The molecular weight excluding hydrogens is 317 g/mol. The van der Waals surface area contributed by atoms with Crippen molar-refractivity contribution in [2.75, 3.05) is 6.54 Å². The summed E-state index contributed by atoms with van der Waals surface area (Å²) in [7, 11) is 0. The fourth-order valence-electron chi connectivity index (χ4n) is 2.70. The van der Waals surface area contributed by atoms with Crippen LogP contribution < -0.4 is 10.6 Å². The first kappa shape index (κ1) is 19.7. The minimum absolute atomic E-state index is 0.0383. The second-order valence-electron chi connectivity index (χ2n) is 5.79. The van der Waals surface area contributed by atoms with Crippen LogP contribution in [-0.2, 0) is 9.59 Å². The number of amides is 1. The first-order valence-corrected chi connectivity index (χ1v) is 7.73. The number of rotatable bonds is 3. The Labute approximate surface area is 132 Å². The Balaban J connectivity index is 0.000000322. The van der Waals surface area contributed by atoms with Crippen LogP contribution in [0.25, 0.3) is 0 Å². The van der Waals surface area contributed by atoms with Gasteiger partial charge in [0.15, 0.2) is 0 Å². The van der Waals surface area contributed by atoms with E-state index in [-0.39, 0.29) is 18.0 Å². The molecule has 1 aliphatic carbocycles. The number of carbonyl (C=O) groups excluding carboxylic acids is 1. The molecule has 0 aromatic rings. The SMILES string of the molecule is O=C(NC1CCCCC1)C(O)C1CCCN1.O=C(O)C(F)(F)F. The number of hydrogen-bond donors (Lipinski definition) is 4. The Kier molecular flexibility index (Phi) is 7.77. The lowest BCUT2D eigenvalue weighted by Crippen LogP contribution is -2.49. The zero-order chi connectivity index (χ0) is 17.5. The third kappa shape index (κ3) is 7.17. The van der Waals surface area contributed by atoms with Crippen molar-refractivity contribution in [3.8, 4) is 0 Å². The minimum Gasteiger partial charge on any atom is -0.475 e. The molecule has 134 valence electrons. The molecule has 0 radical (unpaired) electrons. The third-order valence-corrected chi connectivity index (χ3v) is 3.94. The monoisotopic (exact) mass is 340 g/mol. The molecule has 0 aromatic heterocycles. The molecule has 23 heavy (non-hydrogen) atoms. The summed E-state index contributed by atoms with van der Waals surface area (Å²) < 4.78 is 31.7. The van der Waals surface area contributed by atoms with E-state index in [9.17, 15) is 23.1 Å². The van der Waals surface area contributed by atoms with Gasteiger partial charge >= 0.3 is 12.1 Å². The second kappa shape index (κ2) is 9.07. The molecule has 4 N–H and O–H groups in total. The molecular formula is C14H23F3N2O4. The number of halogens is 3. The Hall–Kier alpha value is -1.35. The number of carbonyl (C=O) groups is 2. The summed E-state index contributed by atoms with van der Waals surface area (Å²) in [5, 5.41) is 23.1. The number of carboxylic acid groups (broad SMARTS) is 1. The van der Waals surface area contributed by atoms with E-state index < -0.39 is 18.2 Å². The molecule has 0 bridgehead atoms. The van der Waals surface area contributed by atoms with Crippen LogP contribution in [-0.4, -0.2) is 53.0 Å². The standard InChI is InChI=1S/C12H22N2O2.C2HF3O2/c15-11(10-7-4-8-13-10)12(16)14-9-5-2-1-3-6-9;3-2(4,5)1(6)7/h9-11,13,15H,1-8H2,(H,14,16);(H,6,7). The van der Waals surface area contributed by atoms with E-state index >= 15 is 0 Å². The molecule has 0 spiro atoms. The highest BCUT2D eigenvalue weighted by atomic mass is 19.4. The van der Waals surface area contributed by atoms with Crippen LogP contribution in [0.5, 0.6) is 0 Å². The average Bonchev–Trinajstić information content (AvgIpc) is 3.01. The van der Waals surface area contributed by atoms with Gasteiger partial charge in [-0.3, -0.25) is 4.79 Å². The Morgan fingerprint density at radius 2 is 1.65 bits per heavy atom. The lowest BCUT2D eigenvalue weighted by Gasteiger charge is -2.25. The average molecular weight is 340 g/mol. The van der Waals surface area contributed by atoms with Gasteiger partial charge in [0, 0.05) is 12.1 Å². The highest BCUT2D eigenvalue weighted by Crippen LogP contribution is 2.18. The molecule has 1 saturated carbocycles. The molecule has 2 unspecified atom stereocenters. The molecule has 1 aliphatic heterocycles. The van der Waals surface area contributed by atoms with Crippen molar-refractivity contribution in [2.45, 2.75) is 69.3 Å². The van der Waals surface area contributed by atoms with Crippen molar-refractivity contribution in [1.82, 2.24) is 10.6 Å². The van der Waals surface area contributed by atoms with Gasteiger partial charge in [0.1, 0.15) is 6.10 Å². The van der Waals surface area contributed by atoms with Gasteiger partial charge < -0.3 is 20.8 Å². The fourth-order valence-corrected chi connectivity index (χ4v) is 2.70. The maximum Gasteiger partial charge on any atom is 0.490 e. The number of carboxylic acids is 1. The van der Waals surface area contributed by atoms with Crippen molar-refractivity contribution in [3.63, 3.8) is 0 Å². The van der Waals surface area contributed by atoms with Gasteiger partial charge in [0.05, 0.1) is 0 Å².